The SMILES string of the molecule is Cc1ccc2c(c1)c1ccccc1n2C=O. The van der Waals surface area contributed by atoms with Crippen LogP contribution in [-0.4, -0.2) is 11.0 Å². The number of hydrogen-bond acceptors (Lipinski definition) is 1. The van der Waals surface area contributed by atoms with Crippen LogP contribution in [0.15, 0.2) is 42.5 Å². The number of para-hydroxylation sites is 1. The van der Waals surface area contributed by atoms with Crippen LogP contribution in [0, 0.1) is 6.92 Å². The van der Waals surface area contributed by atoms with Gasteiger partial charge in [-0.1, -0.05) is 29.8 Å². The van der Waals surface area contributed by atoms with Crippen LogP contribution in [0.5, 0.6) is 0 Å². The Kier molecular flexibility index (Phi) is 1.83. The Morgan fingerprint density at radius 1 is 1.00 bits per heavy atom. The number of benzene rings is 2. The lowest BCUT2D eigenvalue weighted by Gasteiger charge is -1.96. The summed E-state index contributed by atoms with van der Waals surface area (Å²) in [5, 5.41) is 2.27. The van der Waals surface area contributed by atoms with Gasteiger partial charge in [-0.15, -0.1) is 0 Å². The maximum Gasteiger partial charge on any atom is 0.218 e. The van der Waals surface area contributed by atoms with E-state index in [1.807, 2.05) is 30.3 Å². The third-order valence-corrected chi connectivity index (χ3v) is 2.97. The van der Waals surface area contributed by atoms with Gasteiger partial charge in [-0.25, -0.2) is 0 Å². The lowest BCUT2D eigenvalue weighted by Crippen LogP contribution is -1.92. The molecule has 2 nitrogen and oxygen atoms in total. The summed E-state index contributed by atoms with van der Waals surface area (Å²) in [4.78, 5) is 11.1. The van der Waals surface area contributed by atoms with Gasteiger partial charge in [0.1, 0.15) is 0 Å². The van der Waals surface area contributed by atoms with E-state index in [0.29, 0.717) is 0 Å². The van der Waals surface area contributed by atoms with Crippen molar-refractivity contribution in [2.45, 2.75) is 6.92 Å². The average Bonchev–Trinajstić information content (AvgIpc) is 2.62. The minimum Gasteiger partial charge on any atom is -0.282 e. The molecule has 0 radical (unpaired) electrons. The molecule has 0 fully saturated rings. The molecule has 78 valence electrons. The summed E-state index contributed by atoms with van der Waals surface area (Å²) in [7, 11) is 0. The highest BCUT2D eigenvalue weighted by atomic mass is 16.1. The highest BCUT2D eigenvalue weighted by molar-refractivity contribution is 6.11. The number of aromatic nitrogens is 1. The van der Waals surface area contributed by atoms with Crippen molar-refractivity contribution in [3.8, 4) is 0 Å². The largest absolute Gasteiger partial charge is 0.282 e. The molecule has 0 spiro atoms. The first kappa shape index (κ1) is 9.16. The van der Waals surface area contributed by atoms with Gasteiger partial charge in [0, 0.05) is 10.8 Å². The van der Waals surface area contributed by atoms with Crippen LogP contribution in [0.25, 0.3) is 21.8 Å². The zero-order valence-corrected chi connectivity index (χ0v) is 8.97. The van der Waals surface area contributed by atoms with Gasteiger partial charge in [0.2, 0.25) is 6.41 Å². The highest BCUT2D eigenvalue weighted by Crippen LogP contribution is 2.28. The van der Waals surface area contributed by atoms with Crippen molar-refractivity contribution < 1.29 is 4.79 Å². The summed E-state index contributed by atoms with van der Waals surface area (Å²) >= 11 is 0. The number of rotatable bonds is 1. The van der Waals surface area contributed by atoms with E-state index in [1.165, 1.54) is 5.56 Å². The second-order valence-corrected chi connectivity index (χ2v) is 4.01. The summed E-state index contributed by atoms with van der Waals surface area (Å²) in [6.45, 7) is 2.06. The van der Waals surface area contributed by atoms with Crippen molar-refractivity contribution in [2.24, 2.45) is 0 Å². The van der Waals surface area contributed by atoms with Crippen LogP contribution < -0.4 is 0 Å². The molecule has 2 heteroatoms. The number of carbonyl (C=O) groups is 1. The first-order chi connectivity index (χ1) is 7.81. The molecule has 0 unspecified atom stereocenters. The molecule has 1 aromatic heterocycles. The van der Waals surface area contributed by atoms with E-state index in [4.69, 9.17) is 0 Å². The third kappa shape index (κ3) is 1.10. The molecule has 16 heavy (non-hydrogen) atoms. The van der Waals surface area contributed by atoms with Crippen LogP contribution in [-0.2, 0) is 4.79 Å². The van der Waals surface area contributed by atoms with Crippen molar-refractivity contribution >= 4 is 28.2 Å². The van der Waals surface area contributed by atoms with Crippen LogP contribution in [0.1, 0.15) is 5.56 Å². The molecule has 3 aromatic rings. The molecule has 0 aliphatic heterocycles. The summed E-state index contributed by atoms with van der Waals surface area (Å²) in [5.74, 6) is 0. The molecule has 0 atom stereocenters. The van der Waals surface area contributed by atoms with E-state index in [-0.39, 0.29) is 0 Å². The van der Waals surface area contributed by atoms with E-state index < -0.39 is 0 Å². The number of fused-ring (bicyclic) bond motifs is 3. The van der Waals surface area contributed by atoms with E-state index in [9.17, 15) is 4.79 Å². The molecule has 0 saturated heterocycles. The zero-order valence-electron chi connectivity index (χ0n) is 8.97. The molecule has 0 N–H and O–H groups in total. The van der Waals surface area contributed by atoms with Crippen LogP contribution in [0.4, 0.5) is 0 Å². The smallest absolute Gasteiger partial charge is 0.218 e. The summed E-state index contributed by atoms with van der Waals surface area (Å²) in [6.07, 6.45) is 0.875. The Hall–Kier alpha value is -2.09. The normalized spacial score (nSPS) is 11.1. The Labute approximate surface area is 93.1 Å². The Morgan fingerprint density at radius 2 is 1.75 bits per heavy atom. The van der Waals surface area contributed by atoms with Gasteiger partial charge in [0.25, 0.3) is 0 Å². The van der Waals surface area contributed by atoms with Gasteiger partial charge in [0.05, 0.1) is 11.0 Å². The highest BCUT2D eigenvalue weighted by Gasteiger charge is 2.08. The Balaban J connectivity index is 2.64. The quantitative estimate of drug-likeness (QED) is 0.564. The van der Waals surface area contributed by atoms with Crippen molar-refractivity contribution in [1.82, 2.24) is 4.57 Å². The molecule has 0 aliphatic carbocycles. The molecule has 0 bridgehead atoms. The fourth-order valence-electron chi connectivity index (χ4n) is 2.23. The maximum atomic E-state index is 11.1. The minimum absolute atomic E-state index is 0.875. The van der Waals surface area contributed by atoms with Crippen molar-refractivity contribution in [3.05, 3.63) is 48.0 Å². The van der Waals surface area contributed by atoms with Crippen LogP contribution in [0.2, 0.25) is 0 Å². The molecular weight excluding hydrogens is 198 g/mol. The zero-order chi connectivity index (χ0) is 11.1. The fourth-order valence-corrected chi connectivity index (χ4v) is 2.23. The standard InChI is InChI=1S/C14H11NO/c1-10-6-7-14-12(8-10)11-4-2-3-5-13(11)15(14)9-16/h2-9H,1H3. The van der Waals surface area contributed by atoms with Gasteiger partial charge in [-0.3, -0.25) is 9.36 Å². The van der Waals surface area contributed by atoms with E-state index in [0.717, 1.165) is 28.2 Å². The maximum absolute atomic E-state index is 11.1. The Bertz CT molecular complexity index is 694. The summed E-state index contributed by atoms with van der Waals surface area (Å²) < 4.78 is 1.70. The van der Waals surface area contributed by atoms with Crippen molar-refractivity contribution in [2.75, 3.05) is 0 Å². The molecule has 0 saturated carbocycles. The first-order valence-corrected chi connectivity index (χ1v) is 5.26. The predicted molar refractivity (Wildman–Crippen MR) is 66.3 cm³/mol. The number of aryl methyl sites for hydroxylation is 1. The van der Waals surface area contributed by atoms with E-state index in [1.54, 1.807) is 4.57 Å². The first-order valence-electron chi connectivity index (χ1n) is 5.26. The average molecular weight is 209 g/mol. The molecule has 2 aromatic carbocycles. The summed E-state index contributed by atoms with van der Waals surface area (Å²) in [5.41, 5.74) is 3.15. The molecule has 0 amide bonds. The molecule has 0 aliphatic rings. The second kappa shape index (κ2) is 3.20. The lowest BCUT2D eigenvalue weighted by molar-refractivity contribution is 0.550. The molecule has 3 rings (SSSR count). The van der Waals surface area contributed by atoms with Gasteiger partial charge in [-0.05, 0) is 25.1 Å². The third-order valence-electron chi connectivity index (χ3n) is 2.97. The van der Waals surface area contributed by atoms with Crippen LogP contribution >= 0.6 is 0 Å². The predicted octanol–water partition coefficient (Wildman–Crippen LogP) is 3.14. The van der Waals surface area contributed by atoms with E-state index >= 15 is 0 Å². The summed E-state index contributed by atoms with van der Waals surface area (Å²) in [6, 6.07) is 14.1. The monoisotopic (exact) mass is 209 g/mol. The van der Waals surface area contributed by atoms with Gasteiger partial charge in [0.15, 0.2) is 0 Å². The second-order valence-electron chi connectivity index (χ2n) is 4.01. The molecular formula is C14H11NO. The number of nitrogens with zero attached hydrogens (tertiary/aromatic N) is 1. The lowest BCUT2D eigenvalue weighted by atomic mass is 10.1. The van der Waals surface area contributed by atoms with Gasteiger partial charge >= 0.3 is 0 Å². The number of hydrogen-bond donors (Lipinski definition) is 0. The van der Waals surface area contributed by atoms with Gasteiger partial charge < -0.3 is 0 Å². The van der Waals surface area contributed by atoms with Crippen molar-refractivity contribution in [1.29, 1.82) is 0 Å². The number of carbonyl (C=O) groups excluding carboxylic acids is 1. The molecule has 1 heterocycles. The van der Waals surface area contributed by atoms with E-state index in [2.05, 4.69) is 19.1 Å². The van der Waals surface area contributed by atoms with Gasteiger partial charge in [-0.2, -0.15) is 0 Å². The van der Waals surface area contributed by atoms with Crippen molar-refractivity contribution in [3.63, 3.8) is 0 Å². The minimum atomic E-state index is 0.875. The Morgan fingerprint density at radius 3 is 2.56 bits per heavy atom. The fraction of sp³-hybridized carbons (Fsp3) is 0.0714. The van der Waals surface area contributed by atoms with Crippen LogP contribution in [0.3, 0.4) is 0 Å². The topological polar surface area (TPSA) is 22.0 Å².